The number of benzene rings is 1. The Balaban J connectivity index is 1.84. The fraction of sp³-hybridized carbons (Fsp3) is 0.467. The summed E-state index contributed by atoms with van der Waals surface area (Å²) in [4.78, 5) is 0. The van der Waals surface area contributed by atoms with E-state index >= 15 is 0 Å². The molecule has 0 saturated heterocycles. The van der Waals surface area contributed by atoms with Crippen LogP contribution in [-0.4, -0.2) is 21.4 Å². The highest BCUT2D eigenvalue weighted by Gasteiger charge is 2.05. The normalized spacial score (nSPS) is 12.3. The highest BCUT2D eigenvalue weighted by atomic mass is 16.5. The Hall–Kier alpha value is -1.88. The SMILES string of the molecule is CCc1nnc(COc2ccc(CCC(C)O)cc2)o1. The van der Waals surface area contributed by atoms with Crippen LogP contribution in [0.3, 0.4) is 0 Å². The van der Waals surface area contributed by atoms with E-state index in [0.717, 1.165) is 25.0 Å². The van der Waals surface area contributed by atoms with Crippen LogP contribution in [0.2, 0.25) is 0 Å². The largest absolute Gasteiger partial charge is 0.484 e. The maximum atomic E-state index is 9.25. The number of aliphatic hydroxyl groups is 1. The lowest BCUT2D eigenvalue weighted by Gasteiger charge is -2.06. The van der Waals surface area contributed by atoms with Crippen molar-refractivity contribution >= 4 is 0 Å². The van der Waals surface area contributed by atoms with E-state index in [4.69, 9.17) is 9.15 Å². The van der Waals surface area contributed by atoms with Gasteiger partial charge in [0, 0.05) is 6.42 Å². The maximum Gasteiger partial charge on any atom is 0.253 e. The van der Waals surface area contributed by atoms with E-state index in [0.29, 0.717) is 11.8 Å². The predicted octanol–water partition coefficient (Wildman–Crippen LogP) is 2.52. The van der Waals surface area contributed by atoms with Crippen molar-refractivity contribution in [3.8, 4) is 5.75 Å². The van der Waals surface area contributed by atoms with Crippen molar-refractivity contribution in [1.29, 1.82) is 0 Å². The highest BCUT2D eigenvalue weighted by Crippen LogP contribution is 2.15. The summed E-state index contributed by atoms with van der Waals surface area (Å²) in [5.74, 6) is 1.87. The van der Waals surface area contributed by atoms with Crippen molar-refractivity contribution in [2.24, 2.45) is 0 Å². The lowest BCUT2D eigenvalue weighted by atomic mass is 10.1. The monoisotopic (exact) mass is 276 g/mol. The Morgan fingerprint density at radius 1 is 1.20 bits per heavy atom. The van der Waals surface area contributed by atoms with Gasteiger partial charge in [-0.2, -0.15) is 0 Å². The van der Waals surface area contributed by atoms with Crippen LogP contribution in [-0.2, 0) is 19.4 Å². The molecule has 0 fully saturated rings. The fourth-order valence-electron chi connectivity index (χ4n) is 1.76. The zero-order valence-electron chi connectivity index (χ0n) is 11.9. The molecule has 0 bridgehead atoms. The number of ether oxygens (including phenoxy) is 1. The molecule has 1 aromatic heterocycles. The van der Waals surface area contributed by atoms with Gasteiger partial charge in [0.05, 0.1) is 6.10 Å². The Morgan fingerprint density at radius 2 is 1.90 bits per heavy atom. The summed E-state index contributed by atoms with van der Waals surface area (Å²) in [5, 5.41) is 17.0. The number of rotatable bonds is 7. The maximum absolute atomic E-state index is 9.25. The average molecular weight is 276 g/mol. The van der Waals surface area contributed by atoms with Crippen LogP contribution in [0.15, 0.2) is 28.7 Å². The second-order valence-electron chi connectivity index (χ2n) is 4.76. The molecule has 1 heterocycles. The predicted molar refractivity (Wildman–Crippen MR) is 74.5 cm³/mol. The molecule has 108 valence electrons. The van der Waals surface area contributed by atoms with Crippen molar-refractivity contribution in [2.45, 2.75) is 45.8 Å². The van der Waals surface area contributed by atoms with E-state index in [2.05, 4.69) is 10.2 Å². The summed E-state index contributed by atoms with van der Waals surface area (Å²) in [7, 11) is 0. The summed E-state index contributed by atoms with van der Waals surface area (Å²) >= 11 is 0. The standard InChI is InChI=1S/C15H20N2O3/c1-3-14-16-17-15(20-14)10-19-13-8-6-12(7-9-13)5-4-11(2)18/h6-9,11,18H,3-5,10H2,1-2H3. The lowest BCUT2D eigenvalue weighted by molar-refractivity contribution is 0.185. The molecule has 0 amide bonds. The van der Waals surface area contributed by atoms with Crippen molar-refractivity contribution < 1.29 is 14.3 Å². The molecule has 2 rings (SSSR count). The smallest absolute Gasteiger partial charge is 0.253 e. The van der Waals surface area contributed by atoms with E-state index in [1.807, 2.05) is 31.2 Å². The number of aliphatic hydroxyl groups excluding tert-OH is 1. The molecule has 1 unspecified atom stereocenters. The van der Waals surface area contributed by atoms with E-state index in [1.54, 1.807) is 6.92 Å². The van der Waals surface area contributed by atoms with E-state index in [9.17, 15) is 5.11 Å². The number of hydrogen-bond donors (Lipinski definition) is 1. The fourth-order valence-corrected chi connectivity index (χ4v) is 1.76. The third-order valence-electron chi connectivity index (χ3n) is 2.95. The van der Waals surface area contributed by atoms with Gasteiger partial charge in [-0.05, 0) is 37.5 Å². The summed E-state index contributed by atoms with van der Waals surface area (Å²) in [6.45, 7) is 4.04. The molecule has 20 heavy (non-hydrogen) atoms. The molecule has 1 N–H and O–H groups in total. The molecule has 0 spiro atoms. The van der Waals surface area contributed by atoms with Gasteiger partial charge in [-0.15, -0.1) is 10.2 Å². The van der Waals surface area contributed by atoms with Crippen LogP contribution in [0.4, 0.5) is 0 Å². The van der Waals surface area contributed by atoms with Crippen molar-refractivity contribution in [2.75, 3.05) is 0 Å². The van der Waals surface area contributed by atoms with E-state index in [1.165, 1.54) is 5.56 Å². The molecular formula is C15H20N2O3. The third-order valence-corrected chi connectivity index (χ3v) is 2.95. The van der Waals surface area contributed by atoms with Gasteiger partial charge in [0.25, 0.3) is 5.89 Å². The molecule has 0 radical (unpaired) electrons. The minimum absolute atomic E-state index is 0.267. The van der Waals surface area contributed by atoms with Gasteiger partial charge in [-0.3, -0.25) is 0 Å². The van der Waals surface area contributed by atoms with Crippen molar-refractivity contribution in [3.05, 3.63) is 41.6 Å². The molecule has 2 aromatic rings. The number of nitrogens with zero attached hydrogens (tertiary/aromatic N) is 2. The topological polar surface area (TPSA) is 68.4 Å². The third kappa shape index (κ3) is 4.35. The molecular weight excluding hydrogens is 256 g/mol. The molecule has 1 aromatic carbocycles. The van der Waals surface area contributed by atoms with Crippen LogP contribution in [0, 0.1) is 0 Å². The van der Waals surface area contributed by atoms with Crippen LogP contribution >= 0.6 is 0 Å². The van der Waals surface area contributed by atoms with Crippen LogP contribution in [0.5, 0.6) is 5.75 Å². The Morgan fingerprint density at radius 3 is 2.50 bits per heavy atom. The van der Waals surface area contributed by atoms with E-state index in [-0.39, 0.29) is 12.7 Å². The Kier molecular flexibility index (Phi) is 5.12. The first-order valence-corrected chi connectivity index (χ1v) is 6.88. The first kappa shape index (κ1) is 14.5. The second-order valence-corrected chi connectivity index (χ2v) is 4.76. The molecule has 5 heteroatoms. The summed E-state index contributed by atoms with van der Waals surface area (Å²) < 4.78 is 11.0. The number of aromatic nitrogens is 2. The number of aryl methyl sites for hydroxylation is 2. The minimum atomic E-state index is -0.267. The Labute approximate surface area is 118 Å². The van der Waals surface area contributed by atoms with Crippen LogP contribution in [0.1, 0.15) is 37.6 Å². The minimum Gasteiger partial charge on any atom is -0.484 e. The van der Waals surface area contributed by atoms with Crippen LogP contribution < -0.4 is 4.74 Å². The van der Waals surface area contributed by atoms with Gasteiger partial charge in [0.15, 0.2) is 6.61 Å². The first-order valence-electron chi connectivity index (χ1n) is 6.88. The number of hydrogen-bond acceptors (Lipinski definition) is 5. The van der Waals surface area contributed by atoms with Gasteiger partial charge >= 0.3 is 0 Å². The van der Waals surface area contributed by atoms with Gasteiger partial charge in [0.2, 0.25) is 5.89 Å². The summed E-state index contributed by atoms with van der Waals surface area (Å²) in [6, 6.07) is 7.83. The average Bonchev–Trinajstić information content (AvgIpc) is 2.92. The zero-order chi connectivity index (χ0) is 14.4. The Bertz CT molecular complexity index is 520. The van der Waals surface area contributed by atoms with Crippen molar-refractivity contribution in [1.82, 2.24) is 10.2 Å². The quantitative estimate of drug-likeness (QED) is 0.841. The summed E-state index contributed by atoms with van der Waals surface area (Å²) in [6.07, 6.45) is 2.09. The zero-order valence-corrected chi connectivity index (χ0v) is 11.9. The van der Waals surface area contributed by atoms with Gasteiger partial charge in [0.1, 0.15) is 5.75 Å². The molecule has 0 aliphatic carbocycles. The van der Waals surface area contributed by atoms with Crippen molar-refractivity contribution in [3.63, 3.8) is 0 Å². The van der Waals surface area contributed by atoms with Gasteiger partial charge in [-0.1, -0.05) is 19.1 Å². The molecule has 0 aliphatic rings. The van der Waals surface area contributed by atoms with Gasteiger partial charge in [-0.25, -0.2) is 0 Å². The molecule has 0 aliphatic heterocycles. The van der Waals surface area contributed by atoms with Crippen LogP contribution in [0.25, 0.3) is 0 Å². The molecule has 0 saturated carbocycles. The highest BCUT2D eigenvalue weighted by molar-refractivity contribution is 5.27. The summed E-state index contributed by atoms with van der Waals surface area (Å²) in [5.41, 5.74) is 1.18. The molecule has 5 nitrogen and oxygen atoms in total. The van der Waals surface area contributed by atoms with Gasteiger partial charge < -0.3 is 14.3 Å². The molecule has 1 atom stereocenters. The lowest BCUT2D eigenvalue weighted by Crippen LogP contribution is -2.01. The first-order chi connectivity index (χ1) is 9.67. The van der Waals surface area contributed by atoms with E-state index < -0.39 is 0 Å². The second kappa shape index (κ2) is 7.05.